The maximum absolute atomic E-state index is 11.9. The van der Waals surface area contributed by atoms with Crippen molar-refractivity contribution in [1.82, 2.24) is 5.32 Å². The summed E-state index contributed by atoms with van der Waals surface area (Å²) < 4.78 is 5.51. The first-order chi connectivity index (χ1) is 11.0. The van der Waals surface area contributed by atoms with Crippen molar-refractivity contribution >= 4 is 44.9 Å². The van der Waals surface area contributed by atoms with Crippen molar-refractivity contribution in [2.45, 2.75) is 6.92 Å². The minimum atomic E-state index is -0.660. The van der Waals surface area contributed by atoms with Gasteiger partial charge in [-0.25, -0.2) is 0 Å². The van der Waals surface area contributed by atoms with Gasteiger partial charge in [0.25, 0.3) is 5.91 Å². The lowest BCUT2D eigenvalue weighted by Gasteiger charge is -2.07. The SMILES string of the molecule is Cc1ccc(C(=O)COC(=O)CNC(=O)c2ccccc2Br)s1. The molecule has 5 nitrogen and oxygen atoms in total. The number of rotatable bonds is 6. The zero-order chi connectivity index (χ0) is 16.8. The predicted molar refractivity (Wildman–Crippen MR) is 90.8 cm³/mol. The van der Waals surface area contributed by atoms with Gasteiger partial charge in [-0.05, 0) is 47.1 Å². The highest BCUT2D eigenvalue weighted by molar-refractivity contribution is 9.10. The summed E-state index contributed by atoms with van der Waals surface area (Å²) in [5.41, 5.74) is 0.422. The number of carbonyl (C=O) groups is 3. The number of esters is 1. The maximum atomic E-state index is 11.9. The lowest BCUT2D eigenvalue weighted by Crippen LogP contribution is -2.31. The Labute approximate surface area is 145 Å². The summed E-state index contributed by atoms with van der Waals surface area (Å²) in [7, 11) is 0. The number of amides is 1. The molecule has 0 saturated heterocycles. The number of nitrogens with one attached hydrogen (secondary N) is 1. The molecule has 1 N–H and O–H groups in total. The van der Waals surface area contributed by atoms with Gasteiger partial charge in [-0.15, -0.1) is 11.3 Å². The Balaban J connectivity index is 1.78. The van der Waals surface area contributed by atoms with Crippen LogP contribution in [0.1, 0.15) is 24.9 Å². The van der Waals surface area contributed by atoms with E-state index in [4.69, 9.17) is 4.74 Å². The van der Waals surface area contributed by atoms with Crippen LogP contribution in [0.15, 0.2) is 40.9 Å². The lowest BCUT2D eigenvalue weighted by molar-refractivity contribution is -0.141. The molecule has 0 spiro atoms. The molecule has 23 heavy (non-hydrogen) atoms. The summed E-state index contributed by atoms with van der Waals surface area (Å²) in [5.74, 6) is -1.31. The van der Waals surface area contributed by atoms with Crippen LogP contribution in [0.4, 0.5) is 0 Å². The fourth-order valence-corrected chi connectivity index (χ4v) is 3.00. The first-order valence-electron chi connectivity index (χ1n) is 6.75. The van der Waals surface area contributed by atoms with Gasteiger partial charge in [-0.2, -0.15) is 0 Å². The van der Waals surface area contributed by atoms with Crippen molar-refractivity contribution in [2.75, 3.05) is 13.2 Å². The van der Waals surface area contributed by atoms with Crippen molar-refractivity contribution in [1.29, 1.82) is 0 Å². The van der Waals surface area contributed by atoms with Crippen molar-refractivity contribution in [3.05, 3.63) is 56.2 Å². The maximum Gasteiger partial charge on any atom is 0.325 e. The molecule has 1 heterocycles. The van der Waals surface area contributed by atoms with Crippen LogP contribution in [-0.2, 0) is 9.53 Å². The minimum absolute atomic E-state index is 0.256. The molecular formula is C16H14BrNO4S. The van der Waals surface area contributed by atoms with Crippen molar-refractivity contribution in [3.63, 3.8) is 0 Å². The van der Waals surface area contributed by atoms with E-state index in [0.717, 1.165) is 4.88 Å². The molecule has 2 rings (SSSR count). The first-order valence-corrected chi connectivity index (χ1v) is 8.36. The number of hydrogen-bond acceptors (Lipinski definition) is 5. The molecule has 0 aliphatic carbocycles. The number of carbonyl (C=O) groups excluding carboxylic acids is 3. The van der Waals surface area contributed by atoms with E-state index in [1.165, 1.54) is 11.3 Å². The second-order valence-electron chi connectivity index (χ2n) is 4.66. The van der Waals surface area contributed by atoms with Gasteiger partial charge < -0.3 is 10.1 Å². The Hall–Kier alpha value is -1.99. The highest BCUT2D eigenvalue weighted by atomic mass is 79.9. The van der Waals surface area contributed by atoms with Crippen LogP contribution in [0.2, 0.25) is 0 Å². The fraction of sp³-hybridized carbons (Fsp3) is 0.188. The normalized spacial score (nSPS) is 10.2. The minimum Gasteiger partial charge on any atom is -0.456 e. The number of ketones is 1. The number of thiophene rings is 1. The van der Waals surface area contributed by atoms with Gasteiger partial charge in [0, 0.05) is 9.35 Å². The van der Waals surface area contributed by atoms with Gasteiger partial charge in [0.1, 0.15) is 6.54 Å². The average molecular weight is 396 g/mol. The quantitative estimate of drug-likeness (QED) is 0.602. The standard InChI is InChI=1S/C16H14BrNO4S/c1-10-6-7-14(23-10)13(19)9-22-15(20)8-18-16(21)11-4-2-3-5-12(11)17/h2-7H,8-9H2,1H3,(H,18,21). The highest BCUT2D eigenvalue weighted by Crippen LogP contribution is 2.16. The van der Waals surface area contributed by atoms with Gasteiger partial charge >= 0.3 is 5.97 Å². The Morgan fingerprint density at radius 1 is 1.17 bits per heavy atom. The van der Waals surface area contributed by atoms with E-state index in [9.17, 15) is 14.4 Å². The summed E-state index contributed by atoms with van der Waals surface area (Å²) in [4.78, 5) is 36.9. The molecule has 1 aromatic carbocycles. The fourth-order valence-electron chi connectivity index (χ4n) is 1.75. The van der Waals surface area contributed by atoms with E-state index in [1.54, 1.807) is 30.3 Å². The molecule has 0 unspecified atom stereocenters. The van der Waals surface area contributed by atoms with Crippen LogP contribution in [0.25, 0.3) is 0 Å². The molecule has 0 radical (unpaired) electrons. The van der Waals surface area contributed by atoms with Gasteiger partial charge in [0.05, 0.1) is 10.4 Å². The smallest absolute Gasteiger partial charge is 0.325 e. The highest BCUT2D eigenvalue weighted by Gasteiger charge is 2.14. The summed E-state index contributed by atoms with van der Waals surface area (Å²) in [6.45, 7) is 1.27. The van der Waals surface area contributed by atoms with Gasteiger partial charge in [0.2, 0.25) is 5.78 Å². The van der Waals surface area contributed by atoms with Crippen LogP contribution in [0, 0.1) is 6.92 Å². The number of ether oxygens (including phenoxy) is 1. The van der Waals surface area contributed by atoms with Crippen LogP contribution in [-0.4, -0.2) is 30.8 Å². The number of benzene rings is 1. The average Bonchev–Trinajstić information content (AvgIpc) is 2.97. The molecular weight excluding hydrogens is 382 g/mol. The van der Waals surface area contributed by atoms with E-state index in [-0.39, 0.29) is 18.9 Å². The van der Waals surface area contributed by atoms with E-state index in [2.05, 4.69) is 21.2 Å². The number of halogens is 1. The van der Waals surface area contributed by atoms with Gasteiger partial charge in [-0.3, -0.25) is 14.4 Å². The molecule has 0 bridgehead atoms. The second kappa shape index (κ2) is 8.03. The molecule has 0 aliphatic rings. The van der Waals surface area contributed by atoms with Crippen LogP contribution in [0.3, 0.4) is 0 Å². The largest absolute Gasteiger partial charge is 0.456 e. The van der Waals surface area contributed by atoms with E-state index >= 15 is 0 Å². The summed E-state index contributed by atoms with van der Waals surface area (Å²) in [6, 6.07) is 10.4. The zero-order valence-corrected chi connectivity index (χ0v) is 14.7. The molecule has 0 fully saturated rings. The topological polar surface area (TPSA) is 72.5 Å². The molecule has 7 heteroatoms. The second-order valence-corrected chi connectivity index (χ2v) is 6.80. The third-order valence-electron chi connectivity index (χ3n) is 2.89. The predicted octanol–water partition coefficient (Wildman–Crippen LogP) is 2.97. The van der Waals surface area contributed by atoms with Crippen LogP contribution >= 0.6 is 27.3 Å². The number of Topliss-reactive ketones (excluding diaryl/α,β-unsaturated/α-hetero) is 1. The number of hydrogen-bond donors (Lipinski definition) is 1. The van der Waals surface area contributed by atoms with E-state index < -0.39 is 11.9 Å². The zero-order valence-electron chi connectivity index (χ0n) is 12.3. The van der Waals surface area contributed by atoms with Crippen molar-refractivity contribution < 1.29 is 19.1 Å². The van der Waals surface area contributed by atoms with Crippen molar-refractivity contribution in [3.8, 4) is 0 Å². The van der Waals surface area contributed by atoms with Crippen LogP contribution in [0.5, 0.6) is 0 Å². The van der Waals surface area contributed by atoms with E-state index in [1.807, 2.05) is 13.0 Å². The molecule has 1 amide bonds. The molecule has 0 aliphatic heterocycles. The third-order valence-corrected chi connectivity index (χ3v) is 4.62. The number of aryl methyl sites for hydroxylation is 1. The molecule has 0 atom stereocenters. The Bertz CT molecular complexity index is 741. The summed E-state index contributed by atoms with van der Waals surface area (Å²) in [5, 5.41) is 2.45. The monoisotopic (exact) mass is 395 g/mol. The van der Waals surface area contributed by atoms with E-state index in [0.29, 0.717) is 14.9 Å². The third kappa shape index (κ3) is 5.01. The Morgan fingerprint density at radius 2 is 1.91 bits per heavy atom. The lowest BCUT2D eigenvalue weighted by atomic mass is 10.2. The van der Waals surface area contributed by atoms with Crippen LogP contribution < -0.4 is 5.32 Å². The molecule has 1 aromatic heterocycles. The molecule has 120 valence electrons. The molecule has 2 aromatic rings. The van der Waals surface area contributed by atoms with Gasteiger partial charge in [-0.1, -0.05) is 12.1 Å². The Kier molecular flexibility index (Phi) is 6.06. The summed E-state index contributed by atoms with van der Waals surface area (Å²) >= 11 is 4.61. The molecule has 0 saturated carbocycles. The summed E-state index contributed by atoms with van der Waals surface area (Å²) in [6.07, 6.45) is 0. The first kappa shape index (κ1) is 17.4. The Morgan fingerprint density at radius 3 is 2.57 bits per heavy atom. The van der Waals surface area contributed by atoms with Crippen molar-refractivity contribution in [2.24, 2.45) is 0 Å². The van der Waals surface area contributed by atoms with Gasteiger partial charge in [0.15, 0.2) is 6.61 Å².